The van der Waals surface area contributed by atoms with E-state index in [1.165, 1.54) is 0 Å². The van der Waals surface area contributed by atoms with E-state index in [-0.39, 0.29) is 5.91 Å². The van der Waals surface area contributed by atoms with Crippen LogP contribution in [0, 0.1) is 13.8 Å². The average molecular weight is 427 g/mol. The highest BCUT2D eigenvalue weighted by Gasteiger charge is 2.17. The van der Waals surface area contributed by atoms with Crippen molar-refractivity contribution in [3.05, 3.63) is 51.5 Å². The fourth-order valence-corrected chi connectivity index (χ4v) is 4.22. The Morgan fingerprint density at radius 1 is 1.17 bits per heavy atom. The van der Waals surface area contributed by atoms with Crippen molar-refractivity contribution in [2.24, 2.45) is 0 Å². The normalized spacial score (nSPS) is 14.1. The minimum absolute atomic E-state index is 0.0459. The lowest BCUT2D eigenvalue weighted by atomic mass is 10.1. The summed E-state index contributed by atoms with van der Waals surface area (Å²) in [5.74, 6) is 1.58. The molecule has 0 aliphatic carbocycles. The zero-order chi connectivity index (χ0) is 20.9. The molecular weight excluding hydrogens is 400 g/mol. The summed E-state index contributed by atoms with van der Waals surface area (Å²) in [5, 5.41) is 18.4. The number of amides is 1. The predicted octanol–water partition coefficient (Wildman–Crippen LogP) is 2.43. The molecule has 3 aromatic rings. The van der Waals surface area contributed by atoms with E-state index in [0.29, 0.717) is 38.4 Å². The van der Waals surface area contributed by atoms with Crippen molar-refractivity contribution in [3.8, 4) is 5.82 Å². The SMILES string of the molecule is Cc1nn(-c2ccc(N3CCOCC3)nn2)c(C)c1CCC(=O)NCc1cccs1. The Kier molecular flexibility index (Phi) is 6.39. The van der Waals surface area contributed by atoms with Crippen LogP contribution in [0.25, 0.3) is 5.82 Å². The van der Waals surface area contributed by atoms with Crippen LogP contribution in [-0.4, -0.2) is 52.2 Å². The molecule has 0 bridgehead atoms. The van der Waals surface area contributed by atoms with Gasteiger partial charge in [-0.05, 0) is 49.4 Å². The van der Waals surface area contributed by atoms with Crippen LogP contribution in [0.1, 0.15) is 28.2 Å². The monoisotopic (exact) mass is 426 g/mol. The maximum absolute atomic E-state index is 12.2. The summed E-state index contributed by atoms with van der Waals surface area (Å²) in [6, 6.07) is 7.93. The Morgan fingerprint density at radius 2 is 1.93 bits per heavy atom. The summed E-state index contributed by atoms with van der Waals surface area (Å²) in [6.45, 7) is 7.64. The molecule has 1 amide bonds. The van der Waals surface area contributed by atoms with E-state index in [1.54, 1.807) is 11.3 Å². The summed E-state index contributed by atoms with van der Waals surface area (Å²) in [4.78, 5) is 15.6. The van der Waals surface area contributed by atoms with Crippen molar-refractivity contribution < 1.29 is 9.53 Å². The van der Waals surface area contributed by atoms with Crippen molar-refractivity contribution in [1.29, 1.82) is 0 Å². The van der Waals surface area contributed by atoms with Gasteiger partial charge in [-0.25, -0.2) is 4.68 Å². The first-order chi connectivity index (χ1) is 14.6. The van der Waals surface area contributed by atoms with Crippen LogP contribution in [0.5, 0.6) is 0 Å². The zero-order valence-electron chi connectivity index (χ0n) is 17.3. The molecule has 0 saturated carbocycles. The predicted molar refractivity (Wildman–Crippen MR) is 116 cm³/mol. The van der Waals surface area contributed by atoms with Gasteiger partial charge in [0.2, 0.25) is 5.91 Å². The Balaban J connectivity index is 1.39. The van der Waals surface area contributed by atoms with Crippen LogP contribution in [0.2, 0.25) is 0 Å². The second-order valence-corrected chi connectivity index (χ2v) is 8.30. The summed E-state index contributed by atoms with van der Waals surface area (Å²) < 4.78 is 7.20. The molecule has 0 atom stereocenters. The number of nitrogens with one attached hydrogen (secondary N) is 1. The molecule has 158 valence electrons. The third kappa shape index (κ3) is 4.68. The van der Waals surface area contributed by atoms with Gasteiger partial charge in [0.25, 0.3) is 0 Å². The fraction of sp³-hybridized carbons (Fsp3) is 0.429. The highest BCUT2D eigenvalue weighted by atomic mass is 32.1. The lowest BCUT2D eigenvalue weighted by molar-refractivity contribution is -0.121. The van der Waals surface area contributed by atoms with Gasteiger partial charge in [0.05, 0.1) is 25.5 Å². The van der Waals surface area contributed by atoms with Crippen LogP contribution in [0.15, 0.2) is 29.6 Å². The third-order valence-corrected chi connectivity index (χ3v) is 6.15. The number of rotatable bonds is 7. The van der Waals surface area contributed by atoms with E-state index in [4.69, 9.17) is 4.74 Å². The summed E-state index contributed by atoms with van der Waals surface area (Å²) >= 11 is 1.65. The van der Waals surface area contributed by atoms with Gasteiger partial charge in [-0.1, -0.05) is 6.07 Å². The molecule has 0 aromatic carbocycles. The Hall–Kier alpha value is -2.78. The molecule has 3 aromatic heterocycles. The quantitative estimate of drug-likeness (QED) is 0.625. The van der Waals surface area contributed by atoms with E-state index in [1.807, 2.05) is 48.2 Å². The van der Waals surface area contributed by atoms with Gasteiger partial charge >= 0.3 is 0 Å². The number of aryl methyl sites for hydroxylation is 1. The number of carbonyl (C=O) groups is 1. The molecule has 0 radical (unpaired) electrons. The van der Waals surface area contributed by atoms with Crippen molar-refractivity contribution >= 4 is 23.1 Å². The van der Waals surface area contributed by atoms with Crippen molar-refractivity contribution in [3.63, 3.8) is 0 Å². The third-order valence-electron chi connectivity index (χ3n) is 5.27. The van der Waals surface area contributed by atoms with E-state index in [9.17, 15) is 4.79 Å². The summed E-state index contributed by atoms with van der Waals surface area (Å²) in [6.07, 6.45) is 1.08. The number of morpholine rings is 1. The largest absolute Gasteiger partial charge is 0.378 e. The number of hydrogen-bond donors (Lipinski definition) is 1. The van der Waals surface area contributed by atoms with Gasteiger partial charge in [0, 0.05) is 30.1 Å². The highest BCUT2D eigenvalue weighted by molar-refractivity contribution is 7.09. The van der Waals surface area contributed by atoms with Crippen LogP contribution in [-0.2, 0) is 22.5 Å². The van der Waals surface area contributed by atoms with Crippen LogP contribution in [0.3, 0.4) is 0 Å². The zero-order valence-corrected chi connectivity index (χ0v) is 18.1. The molecule has 1 aliphatic rings. The van der Waals surface area contributed by atoms with Crippen molar-refractivity contribution in [1.82, 2.24) is 25.3 Å². The number of hydrogen-bond acceptors (Lipinski definition) is 7. The van der Waals surface area contributed by atoms with Crippen molar-refractivity contribution in [2.45, 2.75) is 33.2 Å². The second-order valence-electron chi connectivity index (χ2n) is 7.27. The Bertz CT molecular complexity index is 978. The standard InChI is InChI=1S/C21H26N6O2S/c1-15-18(5-8-21(28)22-14-17-4-3-13-30-17)16(2)27(25-15)20-7-6-19(23-24-20)26-9-11-29-12-10-26/h3-4,6-7,13H,5,8-12,14H2,1-2H3,(H,22,28). The minimum atomic E-state index is 0.0459. The second kappa shape index (κ2) is 9.36. The Morgan fingerprint density at radius 3 is 2.63 bits per heavy atom. The molecule has 1 N–H and O–H groups in total. The first-order valence-electron chi connectivity index (χ1n) is 10.1. The maximum Gasteiger partial charge on any atom is 0.220 e. The van der Waals surface area contributed by atoms with Crippen molar-refractivity contribution in [2.75, 3.05) is 31.2 Å². The summed E-state index contributed by atoms with van der Waals surface area (Å²) in [7, 11) is 0. The first kappa shape index (κ1) is 20.5. The molecule has 0 spiro atoms. The molecule has 1 aliphatic heterocycles. The first-order valence-corrected chi connectivity index (χ1v) is 11.0. The summed E-state index contributed by atoms with van der Waals surface area (Å²) in [5.41, 5.74) is 2.99. The maximum atomic E-state index is 12.2. The number of anilines is 1. The van der Waals surface area contributed by atoms with Gasteiger partial charge in [-0.2, -0.15) is 5.10 Å². The highest BCUT2D eigenvalue weighted by Crippen LogP contribution is 2.20. The number of nitrogens with zero attached hydrogens (tertiary/aromatic N) is 5. The van der Waals surface area contributed by atoms with Gasteiger partial charge in [0.1, 0.15) is 0 Å². The number of aromatic nitrogens is 4. The van der Waals surface area contributed by atoms with Gasteiger partial charge < -0.3 is 15.0 Å². The molecule has 9 heteroatoms. The van der Waals surface area contributed by atoms with Gasteiger partial charge in [-0.3, -0.25) is 4.79 Å². The molecule has 8 nitrogen and oxygen atoms in total. The molecule has 4 rings (SSSR count). The molecule has 1 fully saturated rings. The average Bonchev–Trinajstić information content (AvgIpc) is 3.40. The Labute approximate surface area is 179 Å². The number of thiophene rings is 1. The van der Waals surface area contributed by atoms with Gasteiger partial charge in [0.15, 0.2) is 11.6 Å². The van der Waals surface area contributed by atoms with Crippen LogP contribution in [0.4, 0.5) is 5.82 Å². The fourth-order valence-electron chi connectivity index (χ4n) is 3.58. The lowest BCUT2D eigenvalue weighted by Gasteiger charge is -2.27. The lowest BCUT2D eigenvalue weighted by Crippen LogP contribution is -2.36. The molecule has 0 unspecified atom stereocenters. The van der Waals surface area contributed by atoms with E-state index in [0.717, 1.165) is 40.7 Å². The van der Waals surface area contributed by atoms with E-state index in [2.05, 4.69) is 25.5 Å². The number of carbonyl (C=O) groups excluding carboxylic acids is 1. The van der Waals surface area contributed by atoms with E-state index >= 15 is 0 Å². The van der Waals surface area contributed by atoms with Gasteiger partial charge in [-0.15, -0.1) is 21.5 Å². The minimum Gasteiger partial charge on any atom is -0.378 e. The topological polar surface area (TPSA) is 85.2 Å². The molecule has 30 heavy (non-hydrogen) atoms. The molecule has 1 saturated heterocycles. The smallest absolute Gasteiger partial charge is 0.220 e. The van der Waals surface area contributed by atoms with E-state index < -0.39 is 0 Å². The number of ether oxygens (including phenoxy) is 1. The molecule has 4 heterocycles. The van der Waals surface area contributed by atoms with Crippen LogP contribution >= 0.6 is 11.3 Å². The molecular formula is C21H26N6O2S. The van der Waals surface area contributed by atoms with Crippen LogP contribution < -0.4 is 10.2 Å².